The highest BCUT2D eigenvalue weighted by Gasteiger charge is 2.59. The van der Waals surface area contributed by atoms with Gasteiger partial charge >= 0.3 is 13.7 Å². The molecule has 0 bridgehead atoms. The van der Waals surface area contributed by atoms with Crippen molar-refractivity contribution in [1.29, 1.82) is 0 Å². The van der Waals surface area contributed by atoms with Gasteiger partial charge in [0.05, 0.1) is 12.2 Å². The van der Waals surface area contributed by atoms with E-state index < -0.39 is 43.4 Å². The second kappa shape index (κ2) is 11.4. The lowest BCUT2D eigenvalue weighted by Gasteiger charge is -2.29. The summed E-state index contributed by atoms with van der Waals surface area (Å²) in [5.74, 6) is -0.886. The third kappa shape index (κ3) is 7.63. The summed E-state index contributed by atoms with van der Waals surface area (Å²) >= 11 is 0. The van der Waals surface area contributed by atoms with Gasteiger partial charge in [-0.05, 0) is 83.4 Å². The molecule has 2 aliphatic heterocycles. The van der Waals surface area contributed by atoms with E-state index in [2.05, 4.69) is 25.9 Å². The molecule has 5 atom stereocenters. The van der Waals surface area contributed by atoms with Crippen LogP contribution in [-0.2, 0) is 38.2 Å². The number of fused-ring (bicyclic) bond motifs is 1. The van der Waals surface area contributed by atoms with E-state index in [4.69, 9.17) is 28.0 Å². The molecular weight excluding hydrogens is 521 g/mol. The van der Waals surface area contributed by atoms with Crippen molar-refractivity contribution in [2.24, 2.45) is 0 Å². The minimum absolute atomic E-state index is 0.0470. The van der Waals surface area contributed by atoms with Gasteiger partial charge in [-0.25, -0.2) is 4.57 Å². The summed E-state index contributed by atoms with van der Waals surface area (Å²) in [5, 5.41) is 2.81. The van der Waals surface area contributed by atoms with E-state index in [1.165, 1.54) is 0 Å². The Labute approximate surface area is 233 Å². The second-order valence-electron chi connectivity index (χ2n) is 13.0. The zero-order valence-electron chi connectivity index (χ0n) is 24.7. The number of esters is 1. The van der Waals surface area contributed by atoms with Gasteiger partial charge in [-0.2, -0.15) is 5.09 Å². The SMILES string of the molecule is C[C@H](NP(=O)(OC[C@H]1OC(C)(C)[C@@H]2OC(C)(C)O[C@@H]21)Oc1ccc(C(C)(C)C)cc1)C(=O)OC1CCCCC1. The number of nitrogens with one attached hydrogen (secondary N) is 1. The van der Waals surface area contributed by atoms with E-state index in [-0.39, 0.29) is 24.2 Å². The Hall–Kier alpha value is -1.48. The van der Waals surface area contributed by atoms with Crippen LogP contribution in [0.25, 0.3) is 0 Å². The normalized spacial score (nSPS) is 28.9. The molecule has 2 saturated heterocycles. The fourth-order valence-corrected chi connectivity index (χ4v) is 6.91. The minimum Gasteiger partial charge on any atom is -0.461 e. The van der Waals surface area contributed by atoms with Crippen LogP contribution >= 0.6 is 7.75 Å². The summed E-state index contributed by atoms with van der Waals surface area (Å²) in [7, 11) is -4.05. The Kier molecular flexibility index (Phi) is 8.92. The van der Waals surface area contributed by atoms with E-state index in [0.29, 0.717) is 5.75 Å². The molecule has 1 saturated carbocycles. The van der Waals surface area contributed by atoms with Crippen molar-refractivity contribution >= 4 is 13.7 Å². The van der Waals surface area contributed by atoms with Gasteiger partial charge < -0.3 is 23.5 Å². The van der Waals surface area contributed by atoms with E-state index in [9.17, 15) is 9.36 Å². The smallest absolute Gasteiger partial charge is 0.459 e. The number of benzene rings is 1. The monoisotopic (exact) mass is 567 g/mol. The van der Waals surface area contributed by atoms with Crippen LogP contribution in [-0.4, -0.2) is 54.4 Å². The molecule has 10 heteroatoms. The van der Waals surface area contributed by atoms with Gasteiger partial charge in [0, 0.05) is 0 Å². The van der Waals surface area contributed by atoms with E-state index >= 15 is 0 Å². The summed E-state index contributed by atoms with van der Waals surface area (Å²) < 4.78 is 50.1. The topological polar surface area (TPSA) is 102 Å². The van der Waals surface area contributed by atoms with Crippen molar-refractivity contribution in [3.05, 3.63) is 29.8 Å². The summed E-state index contributed by atoms with van der Waals surface area (Å²) in [4.78, 5) is 12.9. The zero-order valence-corrected chi connectivity index (χ0v) is 25.5. The van der Waals surface area contributed by atoms with Gasteiger partial charge in [0.25, 0.3) is 0 Å². The molecule has 1 aromatic carbocycles. The molecule has 1 unspecified atom stereocenters. The van der Waals surface area contributed by atoms with Crippen LogP contribution in [0.1, 0.15) is 93.1 Å². The highest BCUT2D eigenvalue weighted by molar-refractivity contribution is 7.52. The van der Waals surface area contributed by atoms with Crippen LogP contribution in [0.5, 0.6) is 5.75 Å². The van der Waals surface area contributed by atoms with Crippen LogP contribution in [0.4, 0.5) is 0 Å². The largest absolute Gasteiger partial charge is 0.461 e. The fourth-order valence-electron chi connectivity index (χ4n) is 5.41. The Morgan fingerprint density at radius 2 is 1.69 bits per heavy atom. The van der Waals surface area contributed by atoms with Crippen LogP contribution in [0.3, 0.4) is 0 Å². The summed E-state index contributed by atoms with van der Waals surface area (Å²) in [5.41, 5.74) is 0.441. The van der Waals surface area contributed by atoms with Crippen molar-refractivity contribution in [3.63, 3.8) is 0 Å². The number of carbonyl (C=O) groups is 1. The maximum atomic E-state index is 14.1. The molecule has 3 fully saturated rings. The predicted molar refractivity (Wildman–Crippen MR) is 148 cm³/mol. The molecule has 0 aromatic heterocycles. The lowest BCUT2D eigenvalue weighted by Crippen LogP contribution is -2.38. The quantitative estimate of drug-likeness (QED) is 0.283. The van der Waals surface area contributed by atoms with Crippen LogP contribution in [0.2, 0.25) is 0 Å². The van der Waals surface area contributed by atoms with Crippen molar-refractivity contribution in [3.8, 4) is 5.75 Å². The van der Waals surface area contributed by atoms with Gasteiger partial charge in [0.2, 0.25) is 0 Å². The van der Waals surface area contributed by atoms with Crippen LogP contribution in [0, 0.1) is 0 Å². The standard InChI is InChI=1S/C29H46NO8P/c1-19(26(31)34-21-12-10-9-11-13-21)30-39(32,38-22-16-14-20(15-17-22)27(2,3)4)33-18-23-24-25(28(5,6)35-23)37-29(7,8)36-24/h14-17,19,21,23-25H,9-13,18H2,1-8H3,(H,30,32)/t19-,23+,24+,25+,39?/m0/s1. The molecule has 1 aliphatic carbocycles. The summed E-state index contributed by atoms with van der Waals surface area (Å²) in [6.07, 6.45) is 3.56. The first-order chi connectivity index (χ1) is 18.1. The fraction of sp³-hybridized carbons (Fsp3) is 0.759. The molecule has 1 N–H and O–H groups in total. The maximum absolute atomic E-state index is 14.1. The Balaban J connectivity index is 1.48. The van der Waals surface area contributed by atoms with E-state index in [1.54, 1.807) is 19.1 Å². The van der Waals surface area contributed by atoms with Gasteiger partial charge in [0.15, 0.2) is 5.79 Å². The molecule has 2 heterocycles. The molecule has 220 valence electrons. The van der Waals surface area contributed by atoms with Crippen molar-refractivity contribution in [1.82, 2.24) is 5.09 Å². The Bertz CT molecular complexity index is 1040. The first-order valence-electron chi connectivity index (χ1n) is 14.1. The molecule has 3 aliphatic rings. The minimum atomic E-state index is -4.05. The van der Waals surface area contributed by atoms with Gasteiger partial charge in [0.1, 0.15) is 36.2 Å². The Morgan fingerprint density at radius 1 is 1.05 bits per heavy atom. The van der Waals surface area contributed by atoms with E-state index in [0.717, 1.165) is 37.7 Å². The average molecular weight is 568 g/mol. The zero-order chi connectivity index (χ0) is 28.6. The van der Waals surface area contributed by atoms with Crippen LogP contribution in [0.15, 0.2) is 24.3 Å². The van der Waals surface area contributed by atoms with Crippen molar-refractivity contribution < 1.29 is 37.4 Å². The van der Waals surface area contributed by atoms with Gasteiger partial charge in [-0.3, -0.25) is 9.32 Å². The maximum Gasteiger partial charge on any atom is 0.459 e. The number of ether oxygens (including phenoxy) is 4. The van der Waals surface area contributed by atoms with Gasteiger partial charge in [-0.1, -0.05) is 39.3 Å². The first kappa shape index (κ1) is 30.5. The number of hydrogen-bond donors (Lipinski definition) is 1. The molecule has 1 aromatic rings. The molecule has 0 amide bonds. The van der Waals surface area contributed by atoms with Gasteiger partial charge in [-0.15, -0.1) is 0 Å². The molecule has 0 spiro atoms. The highest BCUT2D eigenvalue weighted by Crippen LogP contribution is 2.48. The predicted octanol–water partition coefficient (Wildman–Crippen LogP) is 6.04. The molecule has 4 rings (SSSR count). The number of rotatable bonds is 9. The summed E-state index contributed by atoms with van der Waals surface area (Å²) in [6, 6.07) is 6.46. The van der Waals surface area contributed by atoms with Crippen molar-refractivity contribution in [2.45, 2.75) is 135 Å². The molecular formula is C29H46NO8P. The molecule has 0 radical (unpaired) electrons. The second-order valence-corrected chi connectivity index (χ2v) is 14.7. The lowest BCUT2D eigenvalue weighted by atomic mass is 9.87. The average Bonchev–Trinajstić information content (AvgIpc) is 3.29. The number of hydrogen-bond acceptors (Lipinski definition) is 8. The lowest BCUT2D eigenvalue weighted by molar-refractivity contribution is -0.205. The van der Waals surface area contributed by atoms with E-state index in [1.807, 2.05) is 39.8 Å². The first-order valence-corrected chi connectivity index (χ1v) is 15.7. The number of carbonyl (C=O) groups excluding carboxylic acids is 1. The molecule has 9 nitrogen and oxygen atoms in total. The van der Waals surface area contributed by atoms with Crippen molar-refractivity contribution in [2.75, 3.05) is 6.61 Å². The molecule has 39 heavy (non-hydrogen) atoms. The summed E-state index contributed by atoms with van der Waals surface area (Å²) in [6.45, 7) is 15.5. The van der Waals surface area contributed by atoms with Crippen LogP contribution < -0.4 is 9.61 Å². The third-order valence-corrected chi connectivity index (χ3v) is 9.17. The highest BCUT2D eigenvalue weighted by atomic mass is 31.2. The third-order valence-electron chi connectivity index (χ3n) is 7.53. The Morgan fingerprint density at radius 3 is 2.31 bits per heavy atom.